The van der Waals surface area contributed by atoms with Crippen LogP contribution < -0.4 is 5.32 Å². The van der Waals surface area contributed by atoms with Crippen LogP contribution in [0.2, 0.25) is 5.02 Å². The van der Waals surface area contributed by atoms with Gasteiger partial charge in [-0.15, -0.1) is 0 Å². The minimum atomic E-state index is -0.588. The molecule has 1 amide bonds. The van der Waals surface area contributed by atoms with Gasteiger partial charge in [0.15, 0.2) is 5.65 Å². The summed E-state index contributed by atoms with van der Waals surface area (Å²) in [7, 11) is 3.05. The Kier molecular flexibility index (Phi) is 4.41. The van der Waals surface area contributed by atoms with E-state index in [-0.39, 0.29) is 5.56 Å². The Hall–Kier alpha value is -2.93. The molecule has 1 aromatic carbocycles. The summed E-state index contributed by atoms with van der Waals surface area (Å²) in [6.45, 7) is 1.85. The lowest BCUT2D eigenvalue weighted by Crippen LogP contribution is -2.15. The highest BCUT2D eigenvalue weighted by Crippen LogP contribution is 2.23. The number of carbonyl (C=O) groups excluding carboxylic acids is 2. The zero-order valence-electron chi connectivity index (χ0n) is 13.8. The number of carbonyl (C=O) groups is 2. The lowest BCUT2D eigenvalue weighted by Gasteiger charge is -2.10. The van der Waals surface area contributed by atoms with Crippen LogP contribution in [0.1, 0.15) is 26.4 Å². The molecule has 3 aromatic rings. The summed E-state index contributed by atoms with van der Waals surface area (Å²) in [6, 6.07) is 6.29. The van der Waals surface area contributed by atoms with Crippen molar-refractivity contribution in [1.82, 2.24) is 14.8 Å². The van der Waals surface area contributed by atoms with Crippen molar-refractivity contribution < 1.29 is 14.3 Å². The molecule has 0 saturated carbocycles. The predicted molar refractivity (Wildman–Crippen MR) is 94.0 cm³/mol. The molecule has 1 N–H and O–H groups in total. The Morgan fingerprint density at radius 2 is 2.04 bits per heavy atom. The summed E-state index contributed by atoms with van der Waals surface area (Å²) in [5.41, 5.74) is 2.31. The summed E-state index contributed by atoms with van der Waals surface area (Å²) in [5, 5.41) is 8.13. The van der Waals surface area contributed by atoms with Gasteiger partial charge in [-0.2, -0.15) is 5.10 Å². The number of ether oxygens (including phenoxy) is 1. The van der Waals surface area contributed by atoms with E-state index in [4.69, 9.17) is 16.3 Å². The van der Waals surface area contributed by atoms with Gasteiger partial charge in [-0.25, -0.2) is 9.78 Å². The predicted octanol–water partition coefficient (Wildman–Crippen LogP) is 2.97. The highest BCUT2D eigenvalue weighted by Gasteiger charge is 2.17. The van der Waals surface area contributed by atoms with Crippen LogP contribution in [-0.4, -0.2) is 33.8 Å². The molecule has 0 saturated heterocycles. The summed E-state index contributed by atoms with van der Waals surface area (Å²) >= 11 is 5.92. The summed E-state index contributed by atoms with van der Waals surface area (Å²) < 4.78 is 6.38. The molecule has 2 heterocycles. The van der Waals surface area contributed by atoms with Crippen LogP contribution in [0, 0.1) is 6.92 Å². The van der Waals surface area contributed by atoms with Gasteiger partial charge in [0, 0.05) is 23.7 Å². The lowest BCUT2D eigenvalue weighted by atomic mass is 10.1. The normalized spacial score (nSPS) is 10.7. The van der Waals surface area contributed by atoms with Crippen LogP contribution in [0.4, 0.5) is 5.69 Å². The number of amides is 1. The fourth-order valence-corrected chi connectivity index (χ4v) is 2.70. The van der Waals surface area contributed by atoms with Crippen molar-refractivity contribution in [3.05, 3.63) is 52.3 Å². The molecule has 0 unspecified atom stereocenters. The number of hydrogen-bond donors (Lipinski definition) is 1. The van der Waals surface area contributed by atoms with Gasteiger partial charge in [0.2, 0.25) is 0 Å². The van der Waals surface area contributed by atoms with E-state index in [1.807, 2.05) is 6.92 Å². The van der Waals surface area contributed by atoms with Gasteiger partial charge in [0.25, 0.3) is 5.91 Å². The van der Waals surface area contributed by atoms with Crippen molar-refractivity contribution >= 4 is 40.2 Å². The van der Waals surface area contributed by atoms with Crippen LogP contribution in [0.25, 0.3) is 11.0 Å². The molecule has 0 aliphatic heterocycles. The average molecular weight is 359 g/mol. The number of benzene rings is 1. The van der Waals surface area contributed by atoms with E-state index in [9.17, 15) is 9.59 Å². The minimum absolute atomic E-state index is 0.176. The van der Waals surface area contributed by atoms with Crippen LogP contribution in [0.5, 0.6) is 0 Å². The number of nitrogens with one attached hydrogen (secondary N) is 1. The second-order valence-electron chi connectivity index (χ2n) is 5.44. The van der Waals surface area contributed by atoms with E-state index in [2.05, 4.69) is 15.4 Å². The van der Waals surface area contributed by atoms with Gasteiger partial charge in [0.05, 0.1) is 29.6 Å². The molecular formula is C17H15ClN4O3. The molecule has 0 fully saturated rings. The van der Waals surface area contributed by atoms with Crippen molar-refractivity contribution in [3.63, 3.8) is 0 Å². The maximum absolute atomic E-state index is 12.6. The van der Waals surface area contributed by atoms with E-state index in [0.29, 0.717) is 21.9 Å². The summed E-state index contributed by atoms with van der Waals surface area (Å²) in [6.07, 6.45) is 1.46. The Balaban J connectivity index is 1.95. The second-order valence-corrected chi connectivity index (χ2v) is 5.88. The number of esters is 1. The zero-order chi connectivity index (χ0) is 18.1. The third-order valence-corrected chi connectivity index (χ3v) is 4.00. The number of methoxy groups -OCH3 is 1. The Bertz CT molecular complexity index is 997. The molecule has 8 heteroatoms. The van der Waals surface area contributed by atoms with Gasteiger partial charge in [0.1, 0.15) is 0 Å². The Morgan fingerprint density at radius 1 is 1.28 bits per heavy atom. The molecule has 128 valence electrons. The number of aromatic nitrogens is 3. The number of pyridine rings is 1. The highest BCUT2D eigenvalue weighted by atomic mass is 35.5. The topological polar surface area (TPSA) is 86.1 Å². The molecule has 25 heavy (non-hydrogen) atoms. The first-order valence-corrected chi connectivity index (χ1v) is 7.77. The van der Waals surface area contributed by atoms with E-state index in [0.717, 1.165) is 11.1 Å². The Labute approximate surface area is 148 Å². The average Bonchev–Trinajstić information content (AvgIpc) is 2.89. The largest absolute Gasteiger partial charge is 0.465 e. The number of fused-ring (bicyclic) bond motifs is 1. The number of halogens is 1. The number of anilines is 1. The van der Waals surface area contributed by atoms with E-state index >= 15 is 0 Å². The van der Waals surface area contributed by atoms with E-state index in [1.165, 1.54) is 19.4 Å². The summed E-state index contributed by atoms with van der Waals surface area (Å²) in [4.78, 5) is 28.7. The van der Waals surface area contributed by atoms with Crippen molar-refractivity contribution in [2.75, 3.05) is 12.4 Å². The van der Waals surface area contributed by atoms with Crippen LogP contribution in [0.3, 0.4) is 0 Å². The molecule has 7 nitrogen and oxygen atoms in total. The van der Waals surface area contributed by atoms with Gasteiger partial charge < -0.3 is 10.1 Å². The number of hydrogen-bond acceptors (Lipinski definition) is 5. The van der Waals surface area contributed by atoms with Gasteiger partial charge in [-0.3, -0.25) is 9.48 Å². The number of nitrogens with zero attached hydrogens (tertiary/aromatic N) is 3. The van der Waals surface area contributed by atoms with Crippen LogP contribution in [0.15, 0.2) is 30.5 Å². The van der Waals surface area contributed by atoms with Crippen LogP contribution in [-0.2, 0) is 11.8 Å². The second kappa shape index (κ2) is 6.52. The van der Waals surface area contributed by atoms with Crippen molar-refractivity contribution in [1.29, 1.82) is 0 Å². The molecule has 0 bridgehead atoms. The molecule has 0 spiro atoms. The molecule has 2 aromatic heterocycles. The SMILES string of the molecule is COC(=O)c1cc(Cl)ccc1NC(=O)c1cnc2c(c1)c(C)nn2C. The van der Waals surface area contributed by atoms with Crippen molar-refractivity contribution in [2.45, 2.75) is 6.92 Å². The Morgan fingerprint density at radius 3 is 2.76 bits per heavy atom. The molecule has 0 aliphatic rings. The molecule has 0 aliphatic carbocycles. The summed E-state index contributed by atoms with van der Waals surface area (Å²) in [5.74, 6) is -0.986. The third kappa shape index (κ3) is 3.18. The quantitative estimate of drug-likeness (QED) is 0.727. The highest BCUT2D eigenvalue weighted by molar-refractivity contribution is 6.31. The van der Waals surface area contributed by atoms with Crippen LogP contribution >= 0.6 is 11.6 Å². The maximum Gasteiger partial charge on any atom is 0.340 e. The first kappa shape index (κ1) is 16.9. The lowest BCUT2D eigenvalue weighted by molar-refractivity contribution is 0.0602. The minimum Gasteiger partial charge on any atom is -0.465 e. The van der Waals surface area contributed by atoms with E-state index < -0.39 is 11.9 Å². The standard InChI is InChI=1S/C17H15ClN4O3/c1-9-12-6-10(8-19-15(12)22(2)21-9)16(23)20-14-5-4-11(18)7-13(14)17(24)25-3/h4-8H,1-3H3,(H,20,23). The monoisotopic (exact) mass is 358 g/mol. The fraction of sp³-hybridized carbons (Fsp3) is 0.176. The van der Waals surface area contributed by atoms with Gasteiger partial charge in [-0.1, -0.05) is 11.6 Å². The smallest absolute Gasteiger partial charge is 0.340 e. The fourth-order valence-electron chi connectivity index (χ4n) is 2.53. The molecular weight excluding hydrogens is 344 g/mol. The molecule has 0 radical (unpaired) electrons. The molecule has 3 rings (SSSR count). The first-order chi connectivity index (χ1) is 11.9. The third-order valence-electron chi connectivity index (χ3n) is 3.76. The van der Waals surface area contributed by atoms with Gasteiger partial charge >= 0.3 is 5.97 Å². The number of aryl methyl sites for hydroxylation is 2. The number of rotatable bonds is 3. The van der Waals surface area contributed by atoms with Crippen molar-refractivity contribution in [3.8, 4) is 0 Å². The maximum atomic E-state index is 12.6. The first-order valence-electron chi connectivity index (χ1n) is 7.39. The van der Waals surface area contributed by atoms with E-state index in [1.54, 1.807) is 29.9 Å². The molecule has 0 atom stereocenters. The van der Waals surface area contributed by atoms with Crippen molar-refractivity contribution in [2.24, 2.45) is 7.05 Å². The zero-order valence-corrected chi connectivity index (χ0v) is 14.6. The van der Waals surface area contributed by atoms with Gasteiger partial charge in [-0.05, 0) is 31.2 Å².